The van der Waals surface area contributed by atoms with Crippen molar-refractivity contribution in [2.24, 2.45) is 11.3 Å². The van der Waals surface area contributed by atoms with Gasteiger partial charge in [-0.3, -0.25) is 9.59 Å². The number of aliphatic hydroxyl groups excluding tert-OH is 2. The summed E-state index contributed by atoms with van der Waals surface area (Å²) in [4.78, 5) is 27.4. The van der Waals surface area contributed by atoms with Crippen LogP contribution >= 0.6 is 0 Å². The van der Waals surface area contributed by atoms with E-state index in [1.807, 2.05) is 30.3 Å². The summed E-state index contributed by atoms with van der Waals surface area (Å²) < 4.78 is 0. The third kappa shape index (κ3) is 3.94. The maximum Gasteiger partial charge on any atom is 0.300 e. The van der Waals surface area contributed by atoms with Gasteiger partial charge in [0.2, 0.25) is 0 Å². The van der Waals surface area contributed by atoms with Crippen LogP contribution in [0.1, 0.15) is 28.9 Å². The van der Waals surface area contributed by atoms with Crippen molar-refractivity contribution in [3.8, 4) is 0 Å². The van der Waals surface area contributed by atoms with Crippen LogP contribution in [0.3, 0.4) is 0 Å². The number of nitrogens with two attached hydrogens (primary N) is 1. The summed E-state index contributed by atoms with van der Waals surface area (Å²) in [6.07, 6.45) is -0.667. The van der Waals surface area contributed by atoms with E-state index in [1.54, 1.807) is 23.1 Å². The zero-order valence-corrected chi connectivity index (χ0v) is 16.1. The molecule has 1 aromatic carbocycles. The zero-order valence-electron chi connectivity index (χ0n) is 16.1. The normalized spacial score (nSPS) is 27.3. The first-order chi connectivity index (χ1) is 13.8. The van der Waals surface area contributed by atoms with Crippen molar-refractivity contribution in [2.45, 2.75) is 18.9 Å². The van der Waals surface area contributed by atoms with Gasteiger partial charge in [-0.15, -0.1) is 0 Å². The van der Waals surface area contributed by atoms with E-state index in [1.165, 1.54) is 0 Å². The minimum Gasteiger partial charge on any atom is -0.481 e. The summed E-state index contributed by atoms with van der Waals surface area (Å²) in [7, 11) is 0. The number of β-amino-alcohol motifs (C(OH)–C–C–N with tert-alkyl or cyclic N) is 1. The van der Waals surface area contributed by atoms with E-state index in [-0.39, 0.29) is 36.6 Å². The van der Waals surface area contributed by atoms with Crippen LogP contribution in [0.25, 0.3) is 0 Å². The van der Waals surface area contributed by atoms with Gasteiger partial charge in [0, 0.05) is 32.0 Å². The Morgan fingerprint density at radius 3 is 2.45 bits per heavy atom. The highest BCUT2D eigenvalue weighted by molar-refractivity contribution is 5.93. The predicted octanol–water partition coefficient (Wildman–Crippen LogP) is 0.964. The summed E-state index contributed by atoms with van der Waals surface area (Å²) in [5.41, 5.74) is 6.56. The molecule has 1 aromatic heterocycles. The van der Waals surface area contributed by atoms with Gasteiger partial charge in [-0.05, 0) is 29.5 Å². The molecule has 1 aliphatic heterocycles. The SMILES string of the molecule is CC(=O)O.Nc1cccc(C(=O)N2C[C@H](O)[C@@]3(C2)[C@H](CO)[C@H]3c2ccccc2)n1. The molecule has 2 aliphatic rings. The van der Waals surface area contributed by atoms with E-state index in [0.717, 1.165) is 12.5 Å². The molecule has 1 spiro atoms. The minimum atomic E-state index is -0.833. The number of aromatic nitrogens is 1. The molecule has 1 aliphatic carbocycles. The summed E-state index contributed by atoms with van der Waals surface area (Å²) >= 11 is 0. The maximum atomic E-state index is 12.7. The third-order valence-corrected chi connectivity index (χ3v) is 5.67. The van der Waals surface area contributed by atoms with Crippen molar-refractivity contribution >= 4 is 17.7 Å². The van der Waals surface area contributed by atoms with Crippen LogP contribution in [-0.2, 0) is 4.79 Å². The molecule has 154 valence electrons. The number of anilines is 1. The fourth-order valence-corrected chi connectivity index (χ4v) is 4.46. The number of amides is 1. The Balaban J connectivity index is 0.000000552. The number of hydrogen-bond donors (Lipinski definition) is 4. The Hall–Kier alpha value is -2.97. The number of aliphatic carboxylic acids is 1. The number of hydrogen-bond acceptors (Lipinski definition) is 6. The third-order valence-electron chi connectivity index (χ3n) is 5.67. The Labute approximate surface area is 168 Å². The van der Waals surface area contributed by atoms with Gasteiger partial charge in [0.1, 0.15) is 11.5 Å². The van der Waals surface area contributed by atoms with Gasteiger partial charge < -0.3 is 26.0 Å². The Morgan fingerprint density at radius 1 is 1.21 bits per heavy atom. The van der Waals surface area contributed by atoms with E-state index in [0.29, 0.717) is 12.4 Å². The van der Waals surface area contributed by atoms with Gasteiger partial charge in [-0.1, -0.05) is 36.4 Å². The highest BCUT2D eigenvalue weighted by Gasteiger charge is 2.71. The van der Waals surface area contributed by atoms with Crippen molar-refractivity contribution in [1.29, 1.82) is 0 Å². The van der Waals surface area contributed by atoms with Crippen molar-refractivity contribution in [2.75, 3.05) is 25.4 Å². The van der Waals surface area contributed by atoms with Crippen molar-refractivity contribution in [3.05, 3.63) is 59.8 Å². The number of carbonyl (C=O) groups is 2. The highest BCUT2D eigenvalue weighted by Crippen LogP contribution is 2.68. The summed E-state index contributed by atoms with van der Waals surface area (Å²) in [5, 5.41) is 28.0. The highest BCUT2D eigenvalue weighted by atomic mass is 16.4. The van der Waals surface area contributed by atoms with Gasteiger partial charge in [0.25, 0.3) is 11.9 Å². The number of aliphatic hydroxyl groups is 2. The van der Waals surface area contributed by atoms with Gasteiger partial charge in [-0.2, -0.15) is 0 Å². The summed E-state index contributed by atoms with van der Waals surface area (Å²) in [6, 6.07) is 14.8. The molecule has 0 bridgehead atoms. The van der Waals surface area contributed by atoms with Crippen molar-refractivity contribution < 1.29 is 24.9 Å². The fraction of sp³-hybridized carbons (Fsp3) is 0.381. The molecule has 29 heavy (non-hydrogen) atoms. The first kappa shape index (κ1) is 20.8. The molecule has 8 nitrogen and oxygen atoms in total. The second-order valence-corrected chi connectivity index (χ2v) is 7.46. The standard InChI is InChI=1S/C19H21N3O3.C2H4O2/c20-16-8-4-7-14(21-16)18(25)22-9-15(24)19(11-22)13(10-23)17(19)12-5-2-1-3-6-12;1-2(3)4/h1-8,13,15,17,23-24H,9-11H2,(H2,20,21);1H3,(H,3,4)/t13-,15+,17-,19-;/m1./s1. The molecule has 2 heterocycles. The van der Waals surface area contributed by atoms with Crippen LogP contribution in [0.5, 0.6) is 0 Å². The number of nitrogen functional groups attached to an aromatic ring is 1. The van der Waals surface area contributed by atoms with Crippen LogP contribution in [0.2, 0.25) is 0 Å². The molecule has 2 fully saturated rings. The van der Waals surface area contributed by atoms with E-state index in [9.17, 15) is 15.0 Å². The zero-order chi connectivity index (χ0) is 21.2. The topological polar surface area (TPSA) is 137 Å². The Kier molecular flexibility index (Phi) is 5.86. The number of rotatable bonds is 3. The first-order valence-corrected chi connectivity index (χ1v) is 9.36. The maximum absolute atomic E-state index is 12.7. The Bertz CT molecular complexity index is 887. The lowest BCUT2D eigenvalue weighted by Crippen LogP contribution is -2.30. The minimum absolute atomic E-state index is 0.00478. The average Bonchev–Trinajstić information content (AvgIpc) is 3.22. The molecule has 5 N–H and O–H groups in total. The number of carboxylic acids is 1. The molecule has 0 unspecified atom stereocenters. The average molecular weight is 399 g/mol. The Morgan fingerprint density at radius 2 is 1.86 bits per heavy atom. The van der Waals surface area contributed by atoms with Crippen LogP contribution in [0.4, 0.5) is 5.82 Å². The quantitative estimate of drug-likeness (QED) is 0.603. The van der Waals surface area contributed by atoms with Gasteiger partial charge in [-0.25, -0.2) is 4.98 Å². The molecule has 1 amide bonds. The number of likely N-dealkylation sites (tertiary alicyclic amines) is 1. The molecule has 2 aromatic rings. The van der Waals surface area contributed by atoms with Crippen molar-refractivity contribution in [3.63, 3.8) is 0 Å². The number of carbonyl (C=O) groups excluding carboxylic acids is 1. The molecule has 1 saturated carbocycles. The number of pyridine rings is 1. The smallest absolute Gasteiger partial charge is 0.300 e. The van der Waals surface area contributed by atoms with Crippen molar-refractivity contribution in [1.82, 2.24) is 9.88 Å². The van der Waals surface area contributed by atoms with E-state index in [4.69, 9.17) is 15.6 Å². The van der Waals surface area contributed by atoms with Crippen LogP contribution in [-0.4, -0.2) is 62.9 Å². The number of benzene rings is 1. The van der Waals surface area contributed by atoms with E-state index < -0.39 is 17.5 Å². The molecule has 8 heteroatoms. The molecule has 4 rings (SSSR count). The molecule has 4 atom stereocenters. The number of carboxylic acid groups (broad SMARTS) is 1. The molecular weight excluding hydrogens is 374 g/mol. The molecule has 1 saturated heterocycles. The second kappa shape index (κ2) is 8.18. The lowest BCUT2D eigenvalue weighted by atomic mass is 9.95. The van der Waals surface area contributed by atoms with Crippen LogP contribution in [0, 0.1) is 11.3 Å². The van der Waals surface area contributed by atoms with Gasteiger partial charge >= 0.3 is 0 Å². The largest absolute Gasteiger partial charge is 0.481 e. The first-order valence-electron chi connectivity index (χ1n) is 9.36. The fourth-order valence-electron chi connectivity index (χ4n) is 4.46. The predicted molar refractivity (Wildman–Crippen MR) is 106 cm³/mol. The molecular formula is C21H25N3O5. The molecule has 0 radical (unpaired) electrons. The number of nitrogens with zero attached hydrogens (tertiary/aromatic N) is 2. The lowest BCUT2D eigenvalue weighted by Gasteiger charge is -2.16. The van der Waals surface area contributed by atoms with Gasteiger partial charge in [0.15, 0.2) is 0 Å². The van der Waals surface area contributed by atoms with Gasteiger partial charge in [0.05, 0.1) is 6.10 Å². The summed E-state index contributed by atoms with van der Waals surface area (Å²) in [6.45, 7) is 1.73. The van der Waals surface area contributed by atoms with E-state index >= 15 is 0 Å². The van der Waals surface area contributed by atoms with E-state index in [2.05, 4.69) is 4.98 Å². The monoisotopic (exact) mass is 399 g/mol. The lowest BCUT2D eigenvalue weighted by molar-refractivity contribution is -0.134. The van der Waals surface area contributed by atoms with Crippen LogP contribution < -0.4 is 5.73 Å². The second-order valence-electron chi connectivity index (χ2n) is 7.46. The summed E-state index contributed by atoms with van der Waals surface area (Å²) in [5.74, 6) is -0.766. The van der Waals surface area contributed by atoms with Crippen LogP contribution in [0.15, 0.2) is 48.5 Å².